The maximum absolute atomic E-state index is 11.9. The number of methoxy groups -OCH3 is 1. The first-order valence-electron chi connectivity index (χ1n) is 5.81. The third kappa shape index (κ3) is 3.74. The Kier molecular flexibility index (Phi) is 5.02. The lowest BCUT2D eigenvalue weighted by molar-refractivity contribution is 0.0936. The minimum atomic E-state index is -3.55. The number of rotatable bonds is 6. The highest BCUT2D eigenvalue weighted by atomic mass is 32.2. The predicted octanol–water partition coefficient (Wildman–Crippen LogP) is 0.798. The number of aliphatic hydroxyl groups is 1. The van der Waals surface area contributed by atoms with Crippen LogP contribution < -0.4 is 15.2 Å². The number of nitrogen functional groups attached to an aromatic ring is 1. The Morgan fingerprint density at radius 1 is 1.37 bits per heavy atom. The fourth-order valence-electron chi connectivity index (χ4n) is 1.54. The maximum Gasteiger partial charge on any atom is 0.224 e. The minimum Gasteiger partial charge on any atom is -0.493 e. The van der Waals surface area contributed by atoms with Gasteiger partial charge in [0.05, 0.1) is 12.9 Å². The van der Waals surface area contributed by atoms with Crippen molar-refractivity contribution in [2.75, 3.05) is 18.6 Å². The molecule has 1 aromatic carbocycles. The van der Waals surface area contributed by atoms with Crippen LogP contribution in [0, 0.1) is 0 Å². The molecule has 0 fully saturated rings. The van der Waals surface area contributed by atoms with Gasteiger partial charge in [0, 0.05) is 11.8 Å². The van der Waals surface area contributed by atoms with Crippen LogP contribution in [-0.4, -0.2) is 37.9 Å². The zero-order valence-electron chi connectivity index (χ0n) is 11.2. The van der Waals surface area contributed by atoms with Crippen molar-refractivity contribution in [3.63, 3.8) is 0 Å². The zero-order valence-corrected chi connectivity index (χ0v) is 12.0. The van der Waals surface area contributed by atoms with Gasteiger partial charge in [0.25, 0.3) is 0 Å². The molecule has 1 rings (SSSR count). The van der Waals surface area contributed by atoms with Crippen molar-refractivity contribution in [3.8, 4) is 11.5 Å². The fourth-order valence-corrected chi connectivity index (χ4v) is 2.72. The summed E-state index contributed by atoms with van der Waals surface area (Å²) in [6.07, 6.45) is -1.16. The van der Waals surface area contributed by atoms with Crippen molar-refractivity contribution >= 4 is 15.5 Å². The fraction of sp³-hybridized carbons (Fsp3) is 0.500. The van der Waals surface area contributed by atoms with Gasteiger partial charge in [0.2, 0.25) is 5.44 Å². The number of hydrogen-bond acceptors (Lipinski definition) is 6. The summed E-state index contributed by atoms with van der Waals surface area (Å²) in [5.74, 6) is 0.413. The second-order valence-corrected chi connectivity index (χ2v) is 6.46. The van der Waals surface area contributed by atoms with Crippen LogP contribution in [0.5, 0.6) is 11.5 Å². The van der Waals surface area contributed by atoms with Crippen LogP contribution in [0.2, 0.25) is 0 Å². The Morgan fingerprint density at radius 2 is 2.00 bits per heavy atom. The SMILES string of the molecule is CCS(=O)(=O)C(Oc1ccc(N)cc1OC)C(C)O. The molecular weight excluding hydrogens is 270 g/mol. The first-order valence-corrected chi connectivity index (χ1v) is 7.53. The first-order chi connectivity index (χ1) is 8.81. The summed E-state index contributed by atoms with van der Waals surface area (Å²) in [5, 5.41) is 9.59. The van der Waals surface area contributed by atoms with E-state index in [0.29, 0.717) is 11.4 Å². The molecule has 0 aromatic heterocycles. The number of nitrogens with two attached hydrogens (primary N) is 1. The Bertz CT molecular complexity index is 527. The highest BCUT2D eigenvalue weighted by Crippen LogP contribution is 2.31. The second-order valence-electron chi connectivity index (χ2n) is 4.09. The molecule has 0 saturated carbocycles. The highest BCUT2D eigenvalue weighted by Gasteiger charge is 2.31. The van der Waals surface area contributed by atoms with Gasteiger partial charge in [-0.05, 0) is 19.1 Å². The average Bonchev–Trinajstić information content (AvgIpc) is 2.36. The normalized spacial score (nSPS) is 14.7. The van der Waals surface area contributed by atoms with Gasteiger partial charge in [-0.25, -0.2) is 8.42 Å². The molecule has 6 nitrogen and oxygen atoms in total. The molecular formula is C12H19NO5S. The van der Waals surface area contributed by atoms with E-state index in [1.807, 2.05) is 0 Å². The van der Waals surface area contributed by atoms with Crippen molar-refractivity contribution in [1.29, 1.82) is 0 Å². The van der Waals surface area contributed by atoms with Crippen molar-refractivity contribution in [1.82, 2.24) is 0 Å². The molecule has 0 saturated heterocycles. The lowest BCUT2D eigenvalue weighted by Gasteiger charge is -2.22. The molecule has 1 aromatic rings. The van der Waals surface area contributed by atoms with Crippen LogP contribution in [-0.2, 0) is 9.84 Å². The molecule has 19 heavy (non-hydrogen) atoms. The van der Waals surface area contributed by atoms with Crippen LogP contribution in [0.15, 0.2) is 18.2 Å². The van der Waals surface area contributed by atoms with Gasteiger partial charge in [-0.1, -0.05) is 6.92 Å². The van der Waals surface area contributed by atoms with E-state index in [-0.39, 0.29) is 11.5 Å². The van der Waals surface area contributed by atoms with E-state index >= 15 is 0 Å². The van der Waals surface area contributed by atoms with Gasteiger partial charge >= 0.3 is 0 Å². The standard InChI is InChI=1S/C12H19NO5S/c1-4-19(15,16)12(8(2)14)18-10-6-5-9(13)7-11(10)17-3/h5-8,12,14H,4,13H2,1-3H3. The molecule has 0 amide bonds. The Balaban J connectivity index is 3.11. The number of aliphatic hydroxyl groups excluding tert-OH is 1. The van der Waals surface area contributed by atoms with Gasteiger partial charge < -0.3 is 20.3 Å². The van der Waals surface area contributed by atoms with Crippen LogP contribution in [0.1, 0.15) is 13.8 Å². The number of sulfone groups is 1. The topological polar surface area (TPSA) is 98.9 Å². The van der Waals surface area contributed by atoms with Crippen LogP contribution >= 0.6 is 0 Å². The molecule has 2 unspecified atom stereocenters. The highest BCUT2D eigenvalue weighted by molar-refractivity contribution is 7.91. The molecule has 0 aliphatic rings. The summed E-state index contributed by atoms with van der Waals surface area (Å²) in [7, 11) is -2.13. The van der Waals surface area contributed by atoms with Gasteiger partial charge in [0.1, 0.15) is 6.10 Å². The summed E-state index contributed by atoms with van der Waals surface area (Å²) in [4.78, 5) is 0. The number of benzene rings is 1. The number of ether oxygens (including phenoxy) is 2. The Morgan fingerprint density at radius 3 is 2.47 bits per heavy atom. The molecule has 2 atom stereocenters. The van der Waals surface area contributed by atoms with Crippen LogP contribution in [0.25, 0.3) is 0 Å². The smallest absolute Gasteiger partial charge is 0.224 e. The Labute approximate surface area is 113 Å². The lowest BCUT2D eigenvalue weighted by Crippen LogP contribution is -2.38. The summed E-state index contributed by atoms with van der Waals surface area (Å²) >= 11 is 0. The van der Waals surface area contributed by atoms with Crippen molar-refractivity contribution in [2.24, 2.45) is 0 Å². The molecule has 0 aliphatic heterocycles. The van der Waals surface area contributed by atoms with Gasteiger partial charge in [-0.15, -0.1) is 0 Å². The molecule has 0 aliphatic carbocycles. The van der Waals surface area contributed by atoms with E-state index in [0.717, 1.165) is 0 Å². The van der Waals surface area contributed by atoms with Crippen molar-refractivity contribution in [2.45, 2.75) is 25.4 Å². The first kappa shape index (κ1) is 15.6. The molecule has 0 bridgehead atoms. The van der Waals surface area contributed by atoms with Gasteiger partial charge in [0.15, 0.2) is 21.3 Å². The van der Waals surface area contributed by atoms with Gasteiger partial charge in [-0.3, -0.25) is 0 Å². The van der Waals surface area contributed by atoms with E-state index in [1.165, 1.54) is 33.1 Å². The largest absolute Gasteiger partial charge is 0.493 e. The third-order valence-electron chi connectivity index (χ3n) is 2.58. The van der Waals surface area contributed by atoms with Crippen LogP contribution in [0.4, 0.5) is 5.69 Å². The monoisotopic (exact) mass is 289 g/mol. The van der Waals surface area contributed by atoms with Crippen molar-refractivity contribution in [3.05, 3.63) is 18.2 Å². The summed E-state index contributed by atoms with van der Waals surface area (Å²) in [6.45, 7) is 2.86. The second kappa shape index (κ2) is 6.12. The quantitative estimate of drug-likeness (QED) is 0.751. The molecule has 0 spiro atoms. The van der Waals surface area contributed by atoms with E-state index in [9.17, 15) is 13.5 Å². The zero-order chi connectivity index (χ0) is 14.6. The Hall–Kier alpha value is -1.47. The predicted molar refractivity (Wildman–Crippen MR) is 73.0 cm³/mol. The molecule has 0 heterocycles. The summed E-state index contributed by atoms with van der Waals surface area (Å²) in [5.41, 5.74) is 4.73. The minimum absolute atomic E-state index is 0.125. The molecule has 7 heteroatoms. The summed E-state index contributed by atoms with van der Waals surface area (Å²) in [6, 6.07) is 4.59. The maximum atomic E-state index is 11.9. The molecule has 3 N–H and O–H groups in total. The molecule has 0 radical (unpaired) electrons. The van der Waals surface area contributed by atoms with Gasteiger partial charge in [-0.2, -0.15) is 0 Å². The summed E-state index contributed by atoms with van der Waals surface area (Å²) < 4.78 is 34.2. The van der Waals surface area contributed by atoms with E-state index in [4.69, 9.17) is 15.2 Å². The number of hydrogen-bond donors (Lipinski definition) is 2. The van der Waals surface area contributed by atoms with E-state index in [1.54, 1.807) is 6.07 Å². The average molecular weight is 289 g/mol. The third-order valence-corrected chi connectivity index (χ3v) is 4.58. The lowest BCUT2D eigenvalue weighted by atomic mass is 10.3. The van der Waals surface area contributed by atoms with E-state index < -0.39 is 21.4 Å². The van der Waals surface area contributed by atoms with Crippen molar-refractivity contribution < 1.29 is 23.0 Å². The number of anilines is 1. The van der Waals surface area contributed by atoms with Crippen LogP contribution in [0.3, 0.4) is 0 Å². The molecule has 108 valence electrons. The van der Waals surface area contributed by atoms with E-state index in [2.05, 4.69) is 0 Å².